The molecule has 2 aromatic carbocycles. The number of carboxylic acids is 1. The minimum Gasteiger partial charge on any atom is -0.497 e. The molecule has 0 spiro atoms. The number of hydrogen-bond acceptors (Lipinski definition) is 3. The van der Waals surface area contributed by atoms with Gasteiger partial charge in [-0.05, 0) is 30.0 Å². The van der Waals surface area contributed by atoms with E-state index in [9.17, 15) is 9.90 Å². The fraction of sp³-hybridized carbons (Fsp3) is 0.316. The van der Waals surface area contributed by atoms with Crippen molar-refractivity contribution in [3.8, 4) is 11.5 Å². The van der Waals surface area contributed by atoms with Gasteiger partial charge in [-0.2, -0.15) is 0 Å². The van der Waals surface area contributed by atoms with E-state index in [0.29, 0.717) is 24.5 Å². The van der Waals surface area contributed by atoms with Crippen LogP contribution in [0.1, 0.15) is 30.4 Å². The zero-order valence-electron chi connectivity index (χ0n) is 13.5. The lowest BCUT2D eigenvalue weighted by Gasteiger charge is -2.17. The van der Waals surface area contributed by atoms with Crippen molar-refractivity contribution in [2.24, 2.45) is 0 Å². The Hall–Kier alpha value is -2.49. The van der Waals surface area contributed by atoms with E-state index in [1.807, 2.05) is 55.5 Å². The predicted molar refractivity (Wildman–Crippen MR) is 89.3 cm³/mol. The molecule has 0 heterocycles. The predicted octanol–water partition coefficient (Wildman–Crippen LogP) is 3.89. The van der Waals surface area contributed by atoms with Gasteiger partial charge in [0.15, 0.2) is 0 Å². The summed E-state index contributed by atoms with van der Waals surface area (Å²) in [7, 11) is 1.60. The van der Waals surface area contributed by atoms with Gasteiger partial charge >= 0.3 is 5.97 Å². The highest BCUT2D eigenvalue weighted by Crippen LogP contribution is 2.30. The summed E-state index contributed by atoms with van der Waals surface area (Å²) in [5, 5.41) is 9.59. The number of carboxylic acid groups (broad SMARTS) is 1. The molecule has 1 unspecified atom stereocenters. The smallest absolute Gasteiger partial charge is 0.311 e. The van der Waals surface area contributed by atoms with Crippen LogP contribution in [0.3, 0.4) is 0 Å². The zero-order chi connectivity index (χ0) is 16.7. The number of benzene rings is 2. The second-order valence-electron chi connectivity index (χ2n) is 5.33. The Morgan fingerprint density at radius 2 is 1.91 bits per heavy atom. The highest BCUT2D eigenvalue weighted by molar-refractivity contribution is 5.76. The average molecular weight is 314 g/mol. The maximum Gasteiger partial charge on any atom is 0.311 e. The quantitative estimate of drug-likeness (QED) is 0.803. The maximum absolute atomic E-state index is 11.7. The van der Waals surface area contributed by atoms with Gasteiger partial charge in [-0.25, -0.2) is 0 Å². The third kappa shape index (κ3) is 4.49. The number of aliphatic carboxylic acids is 1. The molecule has 0 aliphatic carbocycles. The highest BCUT2D eigenvalue weighted by atomic mass is 16.5. The molecule has 0 fully saturated rings. The Morgan fingerprint density at radius 3 is 2.52 bits per heavy atom. The molecule has 0 radical (unpaired) electrons. The topological polar surface area (TPSA) is 55.8 Å². The van der Waals surface area contributed by atoms with Gasteiger partial charge in [0.25, 0.3) is 0 Å². The van der Waals surface area contributed by atoms with Crippen LogP contribution in [0.5, 0.6) is 11.5 Å². The minimum absolute atomic E-state index is 0.377. The molecule has 0 saturated carbocycles. The third-order valence-corrected chi connectivity index (χ3v) is 3.66. The van der Waals surface area contributed by atoms with E-state index >= 15 is 0 Å². The van der Waals surface area contributed by atoms with Crippen LogP contribution in [0.25, 0.3) is 0 Å². The summed E-state index contributed by atoms with van der Waals surface area (Å²) in [5.74, 6) is -0.0538. The maximum atomic E-state index is 11.7. The van der Waals surface area contributed by atoms with Gasteiger partial charge in [0.2, 0.25) is 0 Å². The summed E-state index contributed by atoms with van der Waals surface area (Å²) < 4.78 is 11.0. The number of rotatable bonds is 8. The normalized spacial score (nSPS) is 11.7. The van der Waals surface area contributed by atoms with Crippen LogP contribution >= 0.6 is 0 Å². The molecule has 0 amide bonds. The fourth-order valence-corrected chi connectivity index (χ4v) is 2.43. The van der Waals surface area contributed by atoms with Gasteiger partial charge < -0.3 is 14.6 Å². The van der Waals surface area contributed by atoms with Crippen LogP contribution in [0.2, 0.25) is 0 Å². The Labute approximate surface area is 136 Å². The van der Waals surface area contributed by atoms with Crippen molar-refractivity contribution in [2.75, 3.05) is 13.7 Å². The molecule has 1 N–H and O–H groups in total. The van der Waals surface area contributed by atoms with Crippen LogP contribution in [0.4, 0.5) is 0 Å². The fourth-order valence-electron chi connectivity index (χ4n) is 2.43. The van der Waals surface area contributed by atoms with Crippen molar-refractivity contribution in [2.45, 2.75) is 25.7 Å². The Balaban J connectivity index is 2.30. The first-order valence-electron chi connectivity index (χ1n) is 7.73. The summed E-state index contributed by atoms with van der Waals surface area (Å²) >= 11 is 0. The van der Waals surface area contributed by atoms with E-state index < -0.39 is 11.9 Å². The van der Waals surface area contributed by atoms with E-state index in [1.54, 1.807) is 7.11 Å². The SMILES string of the molecule is CCCOc1cc(OC)ccc1CC(C(=O)O)c1ccccc1. The monoisotopic (exact) mass is 314 g/mol. The summed E-state index contributed by atoms with van der Waals surface area (Å²) in [6, 6.07) is 14.8. The average Bonchev–Trinajstić information content (AvgIpc) is 2.58. The molecule has 4 heteroatoms. The van der Waals surface area contributed by atoms with Gasteiger partial charge in [-0.1, -0.05) is 43.3 Å². The number of ether oxygens (including phenoxy) is 2. The second kappa shape index (κ2) is 8.22. The van der Waals surface area contributed by atoms with E-state index in [4.69, 9.17) is 9.47 Å². The number of carbonyl (C=O) groups is 1. The first-order chi connectivity index (χ1) is 11.2. The van der Waals surface area contributed by atoms with E-state index in [0.717, 1.165) is 17.5 Å². The van der Waals surface area contributed by atoms with E-state index in [2.05, 4.69) is 0 Å². The molecule has 1 atom stereocenters. The van der Waals surface area contributed by atoms with Gasteiger partial charge in [0.1, 0.15) is 11.5 Å². The molecule has 0 aliphatic rings. The lowest BCUT2D eigenvalue weighted by Crippen LogP contribution is -2.15. The molecule has 23 heavy (non-hydrogen) atoms. The third-order valence-electron chi connectivity index (χ3n) is 3.66. The minimum atomic E-state index is -0.839. The Morgan fingerprint density at radius 1 is 1.17 bits per heavy atom. The van der Waals surface area contributed by atoms with Gasteiger partial charge in [-0.15, -0.1) is 0 Å². The van der Waals surface area contributed by atoms with Crippen LogP contribution in [-0.4, -0.2) is 24.8 Å². The van der Waals surface area contributed by atoms with Crippen molar-refractivity contribution < 1.29 is 19.4 Å². The standard InChI is InChI=1S/C19H22O4/c1-3-11-23-18-13-16(22-2)10-9-15(18)12-17(19(20)21)14-7-5-4-6-8-14/h4-10,13,17H,3,11-12H2,1-2H3,(H,20,21). The van der Waals surface area contributed by atoms with Crippen molar-refractivity contribution in [3.05, 3.63) is 59.7 Å². The van der Waals surface area contributed by atoms with Crippen LogP contribution in [-0.2, 0) is 11.2 Å². The Kier molecular flexibility index (Phi) is 6.03. The molecule has 0 aromatic heterocycles. The molecule has 0 bridgehead atoms. The Bertz CT molecular complexity index is 637. The second-order valence-corrected chi connectivity index (χ2v) is 5.33. The van der Waals surface area contributed by atoms with Crippen LogP contribution in [0, 0.1) is 0 Å². The summed E-state index contributed by atoms with van der Waals surface area (Å²) in [6.07, 6.45) is 1.26. The van der Waals surface area contributed by atoms with Gasteiger partial charge in [0, 0.05) is 6.07 Å². The first kappa shape index (κ1) is 16.9. The van der Waals surface area contributed by atoms with Crippen molar-refractivity contribution >= 4 is 5.97 Å². The van der Waals surface area contributed by atoms with Crippen LogP contribution < -0.4 is 9.47 Å². The zero-order valence-corrected chi connectivity index (χ0v) is 13.5. The van der Waals surface area contributed by atoms with Gasteiger partial charge in [-0.3, -0.25) is 4.79 Å². The highest BCUT2D eigenvalue weighted by Gasteiger charge is 2.22. The molecular weight excluding hydrogens is 292 g/mol. The first-order valence-corrected chi connectivity index (χ1v) is 7.73. The molecule has 122 valence electrons. The molecule has 0 saturated heterocycles. The summed E-state index contributed by atoms with van der Waals surface area (Å²) in [6.45, 7) is 2.62. The van der Waals surface area contributed by atoms with Crippen molar-refractivity contribution in [3.63, 3.8) is 0 Å². The summed E-state index contributed by atoms with van der Waals surface area (Å²) in [5.41, 5.74) is 1.66. The van der Waals surface area contributed by atoms with E-state index in [-0.39, 0.29) is 0 Å². The molecule has 2 rings (SSSR count). The number of methoxy groups -OCH3 is 1. The van der Waals surface area contributed by atoms with Gasteiger partial charge in [0.05, 0.1) is 19.6 Å². The molecule has 4 nitrogen and oxygen atoms in total. The lowest BCUT2D eigenvalue weighted by atomic mass is 9.91. The van der Waals surface area contributed by atoms with Crippen molar-refractivity contribution in [1.29, 1.82) is 0 Å². The molecule has 0 aliphatic heterocycles. The van der Waals surface area contributed by atoms with Crippen molar-refractivity contribution in [1.82, 2.24) is 0 Å². The van der Waals surface area contributed by atoms with Crippen LogP contribution in [0.15, 0.2) is 48.5 Å². The largest absolute Gasteiger partial charge is 0.497 e. The lowest BCUT2D eigenvalue weighted by molar-refractivity contribution is -0.138. The molecular formula is C19H22O4. The molecule has 2 aromatic rings. The summed E-state index contributed by atoms with van der Waals surface area (Å²) in [4.78, 5) is 11.7. The number of hydrogen-bond donors (Lipinski definition) is 1. The van der Waals surface area contributed by atoms with E-state index in [1.165, 1.54) is 0 Å².